The molecule has 7 heteroatoms. The molecule has 1 atom stereocenters. The van der Waals surface area contributed by atoms with Crippen LogP contribution in [0, 0.1) is 13.8 Å². The topological polar surface area (TPSA) is 64.0 Å². The summed E-state index contributed by atoms with van der Waals surface area (Å²) in [6, 6.07) is 16.0. The van der Waals surface area contributed by atoms with Gasteiger partial charge in [0.15, 0.2) is 0 Å². The molecule has 3 rings (SSSR count). The third kappa shape index (κ3) is 4.82. The fraction of sp³-hybridized carbons (Fsp3) is 0.190. The highest BCUT2D eigenvalue weighted by Crippen LogP contribution is 2.23. The van der Waals surface area contributed by atoms with Crippen LogP contribution in [0.4, 0.5) is 5.69 Å². The molecule has 0 bridgehead atoms. The molecule has 144 valence electrons. The van der Waals surface area contributed by atoms with Gasteiger partial charge in [-0.1, -0.05) is 47.1 Å². The molecule has 28 heavy (non-hydrogen) atoms. The minimum atomic E-state index is -0.388. The van der Waals surface area contributed by atoms with Crippen LogP contribution in [-0.4, -0.2) is 20.9 Å². The summed E-state index contributed by atoms with van der Waals surface area (Å²) in [5, 5.41) is 8.02. The van der Waals surface area contributed by atoms with Crippen molar-refractivity contribution in [1.82, 2.24) is 9.78 Å². The van der Waals surface area contributed by atoms with Gasteiger partial charge >= 0.3 is 0 Å². The van der Waals surface area contributed by atoms with Crippen LogP contribution < -0.4 is 10.9 Å². The number of amides is 1. The highest BCUT2D eigenvalue weighted by atomic mass is 35.5. The Balaban J connectivity index is 1.76. The Bertz CT molecular complexity index is 1060. The number of aromatic nitrogens is 2. The van der Waals surface area contributed by atoms with E-state index >= 15 is 0 Å². The number of anilines is 1. The first-order chi connectivity index (χ1) is 13.3. The number of nitrogens with zero attached hydrogens (tertiary/aromatic N) is 2. The zero-order valence-corrected chi connectivity index (χ0v) is 17.3. The molecular weight excluding hydrogens is 394 g/mol. The number of hydrogen-bond donors (Lipinski definition) is 1. The van der Waals surface area contributed by atoms with Crippen molar-refractivity contribution >= 4 is 35.0 Å². The monoisotopic (exact) mass is 413 g/mol. The van der Waals surface area contributed by atoms with Gasteiger partial charge in [-0.2, -0.15) is 9.78 Å². The zero-order valence-electron chi connectivity index (χ0n) is 15.8. The lowest BCUT2D eigenvalue weighted by Gasteiger charge is -2.13. The lowest BCUT2D eigenvalue weighted by atomic mass is 10.2. The molecule has 1 N–H and O–H groups in total. The van der Waals surface area contributed by atoms with E-state index in [4.69, 9.17) is 11.6 Å². The molecule has 0 aliphatic heterocycles. The number of carbonyl (C=O) groups excluding carboxylic acids is 1. The second kappa shape index (κ2) is 8.63. The molecule has 2 aromatic carbocycles. The summed E-state index contributed by atoms with van der Waals surface area (Å²) in [5.74, 6) is -0.133. The van der Waals surface area contributed by atoms with Gasteiger partial charge in [-0.3, -0.25) is 9.59 Å². The third-order valence-corrected chi connectivity index (χ3v) is 5.60. The van der Waals surface area contributed by atoms with Crippen LogP contribution in [0.15, 0.2) is 64.4 Å². The van der Waals surface area contributed by atoms with E-state index in [9.17, 15) is 9.59 Å². The van der Waals surface area contributed by atoms with Gasteiger partial charge in [0.2, 0.25) is 5.91 Å². The van der Waals surface area contributed by atoms with Crippen molar-refractivity contribution in [3.8, 4) is 5.69 Å². The number of thioether (sulfide) groups is 1. The van der Waals surface area contributed by atoms with Gasteiger partial charge in [-0.25, -0.2) is 0 Å². The van der Waals surface area contributed by atoms with Crippen molar-refractivity contribution in [2.45, 2.75) is 31.0 Å². The predicted octanol–water partition coefficient (Wildman–Crippen LogP) is 4.62. The van der Waals surface area contributed by atoms with Crippen LogP contribution >= 0.6 is 23.4 Å². The van der Waals surface area contributed by atoms with Crippen molar-refractivity contribution in [3.63, 3.8) is 0 Å². The van der Waals surface area contributed by atoms with Crippen LogP contribution in [0.5, 0.6) is 0 Å². The lowest BCUT2D eigenvalue weighted by Crippen LogP contribution is -2.24. The van der Waals surface area contributed by atoms with E-state index in [1.165, 1.54) is 22.5 Å². The molecule has 0 aliphatic rings. The van der Waals surface area contributed by atoms with Gasteiger partial charge in [0.1, 0.15) is 5.03 Å². The predicted molar refractivity (Wildman–Crippen MR) is 115 cm³/mol. The van der Waals surface area contributed by atoms with E-state index in [1.807, 2.05) is 44.2 Å². The number of hydrogen-bond acceptors (Lipinski definition) is 4. The fourth-order valence-corrected chi connectivity index (χ4v) is 3.45. The summed E-state index contributed by atoms with van der Waals surface area (Å²) in [6.07, 6.45) is 0. The summed E-state index contributed by atoms with van der Waals surface area (Å²) in [5.41, 5.74) is 3.12. The van der Waals surface area contributed by atoms with E-state index in [0.29, 0.717) is 15.7 Å². The number of halogens is 1. The maximum absolute atomic E-state index is 12.5. The van der Waals surface area contributed by atoms with E-state index < -0.39 is 0 Å². The van der Waals surface area contributed by atoms with Crippen LogP contribution in [0.25, 0.3) is 5.69 Å². The molecule has 3 aromatic rings. The summed E-state index contributed by atoms with van der Waals surface area (Å²) in [6.45, 7) is 5.68. The molecule has 5 nitrogen and oxygen atoms in total. The summed E-state index contributed by atoms with van der Waals surface area (Å²) < 4.78 is 1.29. The molecule has 0 radical (unpaired) electrons. The summed E-state index contributed by atoms with van der Waals surface area (Å²) >= 11 is 7.45. The van der Waals surface area contributed by atoms with Crippen molar-refractivity contribution < 1.29 is 4.79 Å². The highest BCUT2D eigenvalue weighted by molar-refractivity contribution is 8.00. The molecule has 0 spiro atoms. The first-order valence-electron chi connectivity index (χ1n) is 8.74. The van der Waals surface area contributed by atoms with E-state index in [-0.39, 0.29) is 16.7 Å². The number of carbonyl (C=O) groups is 1. The average Bonchev–Trinajstić information content (AvgIpc) is 2.67. The van der Waals surface area contributed by atoms with E-state index in [0.717, 1.165) is 16.8 Å². The molecule has 1 amide bonds. The Hall–Kier alpha value is -2.57. The Morgan fingerprint density at radius 3 is 2.50 bits per heavy atom. The van der Waals surface area contributed by atoms with Crippen LogP contribution in [0.2, 0.25) is 5.02 Å². The van der Waals surface area contributed by atoms with Crippen molar-refractivity contribution in [3.05, 3.63) is 81.1 Å². The van der Waals surface area contributed by atoms with Crippen LogP contribution in [-0.2, 0) is 4.79 Å². The Morgan fingerprint density at radius 1 is 1.11 bits per heavy atom. The van der Waals surface area contributed by atoms with Gasteiger partial charge in [-0.15, -0.1) is 0 Å². The maximum Gasteiger partial charge on any atom is 0.271 e. The minimum absolute atomic E-state index is 0.133. The smallest absolute Gasteiger partial charge is 0.271 e. The van der Waals surface area contributed by atoms with Gasteiger partial charge < -0.3 is 5.32 Å². The third-order valence-electron chi connectivity index (χ3n) is 4.16. The first-order valence-corrected chi connectivity index (χ1v) is 10.0. The van der Waals surface area contributed by atoms with Crippen LogP contribution in [0.3, 0.4) is 0 Å². The SMILES string of the molecule is Cc1ccc(NC(=O)C(C)Sc2ccc(=O)n(-c3ccc(C)c(Cl)c3)n2)cc1. The van der Waals surface area contributed by atoms with Gasteiger partial charge in [0, 0.05) is 16.8 Å². The first kappa shape index (κ1) is 20.2. The minimum Gasteiger partial charge on any atom is -0.325 e. The number of nitrogens with one attached hydrogen (secondary N) is 1. The molecule has 1 unspecified atom stereocenters. The van der Waals surface area contributed by atoms with Crippen LogP contribution in [0.1, 0.15) is 18.1 Å². The largest absolute Gasteiger partial charge is 0.325 e. The standard InChI is InChI=1S/C21H20ClN3O2S/c1-13-4-7-16(8-5-13)23-21(27)15(3)28-19-10-11-20(26)25(24-19)17-9-6-14(2)18(22)12-17/h4-12,15H,1-3H3,(H,23,27). The zero-order chi connectivity index (χ0) is 20.3. The Kier molecular flexibility index (Phi) is 6.21. The lowest BCUT2D eigenvalue weighted by molar-refractivity contribution is -0.115. The molecular formula is C21H20ClN3O2S. The fourth-order valence-electron chi connectivity index (χ4n) is 2.47. The molecule has 0 fully saturated rings. The van der Waals surface area contributed by atoms with Gasteiger partial charge in [-0.05, 0) is 56.7 Å². The van der Waals surface area contributed by atoms with Crippen molar-refractivity contribution in [1.29, 1.82) is 0 Å². The van der Waals surface area contributed by atoms with Crippen molar-refractivity contribution in [2.75, 3.05) is 5.32 Å². The summed E-state index contributed by atoms with van der Waals surface area (Å²) in [7, 11) is 0. The quantitative estimate of drug-likeness (QED) is 0.620. The molecule has 0 saturated carbocycles. The van der Waals surface area contributed by atoms with Gasteiger partial charge in [0.05, 0.1) is 10.9 Å². The molecule has 1 heterocycles. The molecule has 0 aliphatic carbocycles. The number of rotatable bonds is 5. The molecule has 1 aromatic heterocycles. The van der Waals surface area contributed by atoms with Crippen molar-refractivity contribution in [2.24, 2.45) is 0 Å². The highest BCUT2D eigenvalue weighted by Gasteiger charge is 2.16. The van der Waals surface area contributed by atoms with Gasteiger partial charge in [0.25, 0.3) is 5.56 Å². The Labute approximate surface area is 172 Å². The number of benzene rings is 2. The van der Waals surface area contributed by atoms with E-state index in [1.54, 1.807) is 25.1 Å². The second-order valence-corrected chi connectivity index (χ2v) is 8.24. The average molecular weight is 414 g/mol. The summed E-state index contributed by atoms with van der Waals surface area (Å²) in [4.78, 5) is 24.7. The Morgan fingerprint density at radius 2 is 1.82 bits per heavy atom. The second-order valence-electron chi connectivity index (χ2n) is 6.47. The maximum atomic E-state index is 12.5. The molecule has 0 saturated heterocycles. The number of aryl methyl sites for hydroxylation is 2. The van der Waals surface area contributed by atoms with E-state index in [2.05, 4.69) is 10.4 Å². The normalized spacial score (nSPS) is 11.9.